The van der Waals surface area contributed by atoms with Crippen molar-refractivity contribution >= 4 is 5.78 Å². The van der Waals surface area contributed by atoms with Gasteiger partial charge in [-0.1, -0.05) is 27.7 Å². The molecule has 0 saturated heterocycles. The molecule has 0 aromatic rings. The first-order valence-electron chi connectivity index (χ1n) is 4.42. The van der Waals surface area contributed by atoms with Gasteiger partial charge in [-0.2, -0.15) is 0 Å². The smallest absolute Gasteiger partial charge is 0.159 e. The molecule has 0 rings (SSSR count). The minimum atomic E-state index is 0.0899. The molecule has 0 aromatic heterocycles. The van der Waals surface area contributed by atoms with Crippen LogP contribution in [0.5, 0.6) is 0 Å². The summed E-state index contributed by atoms with van der Waals surface area (Å²) >= 11 is 0. The standard InChI is InChI=1S/C10H19NO/c1-7(2)9(11-5)6-10(12)8(3)4/h6-8,11H,1-5H3/b9-6-. The Labute approximate surface area is 75.0 Å². The molecule has 2 heteroatoms. The molecule has 0 spiro atoms. The van der Waals surface area contributed by atoms with Gasteiger partial charge in [0.25, 0.3) is 0 Å². The van der Waals surface area contributed by atoms with Gasteiger partial charge in [0.2, 0.25) is 0 Å². The van der Waals surface area contributed by atoms with Crippen molar-refractivity contribution in [2.24, 2.45) is 11.8 Å². The van der Waals surface area contributed by atoms with E-state index in [4.69, 9.17) is 0 Å². The van der Waals surface area contributed by atoms with Gasteiger partial charge in [0.15, 0.2) is 5.78 Å². The van der Waals surface area contributed by atoms with Crippen LogP contribution in [0.2, 0.25) is 0 Å². The fourth-order valence-electron chi connectivity index (χ4n) is 0.847. The number of allylic oxidation sites excluding steroid dienone is 2. The first kappa shape index (κ1) is 11.2. The average molecular weight is 169 g/mol. The predicted molar refractivity (Wildman–Crippen MR) is 51.8 cm³/mol. The zero-order valence-electron chi connectivity index (χ0n) is 8.64. The molecule has 0 aliphatic rings. The van der Waals surface area contributed by atoms with Gasteiger partial charge >= 0.3 is 0 Å². The monoisotopic (exact) mass is 169 g/mol. The molecule has 0 aliphatic carbocycles. The molecule has 0 amide bonds. The lowest BCUT2D eigenvalue weighted by Gasteiger charge is -2.10. The van der Waals surface area contributed by atoms with Gasteiger partial charge in [-0.15, -0.1) is 0 Å². The van der Waals surface area contributed by atoms with E-state index in [1.165, 1.54) is 0 Å². The summed E-state index contributed by atoms with van der Waals surface area (Å²) in [5.74, 6) is 0.665. The lowest BCUT2D eigenvalue weighted by atomic mass is 10.0. The molecule has 0 fully saturated rings. The van der Waals surface area contributed by atoms with Crippen LogP contribution in [0.3, 0.4) is 0 Å². The Morgan fingerprint density at radius 3 is 1.92 bits per heavy atom. The summed E-state index contributed by atoms with van der Waals surface area (Å²) in [6, 6.07) is 0. The fraction of sp³-hybridized carbons (Fsp3) is 0.700. The zero-order valence-corrected chi connectivity index (χ0v) is 8.64. The molecule has 0 saturated carbocycles. The molecular formula is C10H19NO. The third-order valence-corrected chi connectivity index (χ3v) is 1.78. The summed E-state index contributed by atoms with van der Waals surface area (Å²) in [4.78, 5) is 11.3. The van der Waals surface area contributed by atoms with Gasteiger partial charge in [-0.05, 0) is 5.92 Å². The van der Waals surface area contributed by atoms with Crippen LogP contribution in [0.4, 0.5) is 0 Å². The van der Waals surface area contributed by atoms with Gasteiger partial charge in [0.05, 0.1) is 0 Å². The third-order valence-electron chi connectivity index (χ3n) is 1.78. The minimum Gasteiger partial charge on any atom is -0.391 e. The van der Waals surface area contributed by atoms with Crippen LogP contribution in [-0.2, 0) is 4.79 Å². The highest BCUT2D eigenvalue weighted by molar-refractivity contribution is 5.91. The molecular weight excluding hydrogens is 150 g/mol. The van der Waals surface area contributed by atoms with E-state index in [2.05, 4.69) is 19.2 Å². The quantitative estimate of drug-likeness (QED) is 0.652. The van der Waals surface area contributed by atoms with Crippen LogP contribution in [0, 0.1) is 11.8 Å². The summed E-state index contributed by atoms with van der Waals surface area (Å²) in [6.45, 7) is 7.95. The van der Waals surface area contributed by atoms with Crippen molar-refractivity contribution in [2.45, 2.75) is 27.7 Å². The van der Waals surface area contributed by atoms with E-state index < -0.39 is 0 Å². The Hall–Kier alpha value is -0.790. The van der Waals surface area contributed by atoms with Gasteiger partial charge in [-0.3, -0.25) is 4.79 Å². The molecule has 1 N–H and O–H groups in total. The summed E-state index contributed by atoms with van der Waals surface area (Å²) in [5.41, 5.74) is 1.01. The van der Waals surface area contributed by atoms with Gasteiger partial charge in [0, 0.05) is 24.7 Å². The number of nitrogens with one attached hydrogen (secondary N) is 1. The Morgan fingerprint density at radius 1 is 1.17 bits per heavy atom. The topological polar surface area (TPSA) is 29.1 Å². The van der Waals surface area contributed by atoms with Crippen LogP contribution in [0.15, 0.2) is 11.8 Å². The second-order valence-electron chi connectivity index (χ2n) is 3.56. The highest BCUT2D eigenvalue weighted by Crippen LogP contribution is 2.07. The van der Waals surface area contributed by atoms with Crippen molar-refractivity contribution in [1.29, 1.82) is 0 Å². The first-order chi connectivity index (χ1) is 5.49. The molecule has 0 radical (unpaired) electrons. The van der Waals surface area contributed by atoms with Crippen LogP contribution in [0.25, 0.3) is 0 Å². The highest BCUT2D eigenvalue weighted by atomic mass is 16.1. The molecule has 2 nitrogen and oxygen atoms in total. The second kappa shape index (κ2) is 4.96. The Balaban J connectivity index is 4.38. The summed E-state index contributed by atoms with van der Waals surface area (Å²) in [7, 11) is 1.85. The molecule has 12 heavy (non-hydrogen) atoms. The van der Waals surface area contributed by atoms with E-state index in [0.29, 0.717) is 5.92 Å². The van der Waals surface area contributed by atoms with E-state index in [1.54, 1.807) is 6.08 Å². The summed E-state index contributed by atoms with van der Waals surface area (Å²) < 4.78 is 0. The summed E-state index contributed by atoms with van der Waals surface area (Å²) in [6.07, 6.45) is 1.70. The van der Waals surface area contributed by atoms with Crippen molar-refractivity contribution in [3.05, 3.63) is 11.8 Å². The van der Waals surface area contributed by atoms with E-state index in [0.717, 1.165) is 5.70 Å². The van der Waals surface area contributed by atoms with Gasteiger partial charge in [0.1, 0.15) is 0 Å². The normalized spacial score (nSPS) is 12.4. The number of carbonyl (C=O) groups excluding carboxylic acids is 1. The lowest BCUT2D eigenvalue weighted by molar-refractivity contribution is -0.117. The molecule has 70 valence electrons. The molecule has 0 bridgehead atoms. The van der Waals surface area contributed by atoms with Crippen LogP contribution in [-0.4, -0.2) is 12.8 Å². The van der Waals surface area contributed by atoms with Crippen LogP contribution >= 0.6 is 0 Å². The predicted octanol–water partition coefficient (Wildman–Crippen LogP) is 1.97. The van der Waals surface area contributed by atoms with Crippen LogP contribution in [0.1, 0.15) is 27.7 Å². The van der Waals surface area contributed by atoms with E-state index in [9.17, 15) is 4.79 Å². The lowest BCUT2D eigenvalue weighted by Crippen LogP contribution is -2.15. The van der Waals surface area contributed by atoms with Gasteiger partial charge < -0.3 is 5.32 Å². The van der Waals surface area contributed by atoms with Crippen LogP contribution < -0.4 is 5.32 Å². The van der Waals surface area contributed by atoms with E-state index in [1.807, 2.05) is 20.9 Å². The number of ketones is 1. The highest BCUT2D eigenvalue weighted by Gasteiger charge is 2.07. The molecule has 0 aliphatic heterocycles. The third kappa shape index (κ3) is 3.56. The SMILES string of the molecule is CN/C(=C\C(=O)C(C)C)C(C)C. The number of hydrogen-bond acceptors (Lipinski definition) is 2. The number of hydrogen-bond donors (Lipinski definition) is 1. The maximum absolute atomic E-state index is 11.3. The van der Waals surface area contributed by atoms with Crippen molar-refractivity contribution < 1.29 is 4.79 Å². The zero-order chi connectivity index (χ0) is 9.72. The molecule has 0 atom stereocenters. The minimum absolute atomic E-state index is 0.0899. The summed E-state index contributed by atoms with van der Waals surface area (Å²) in [5, 5.41) is 3.03. The number of carbonyl (C=O) groups is 1. The Kier molecular flexibility index (Phi) is 4.64. The van der Waals surface area contributed by atoms with Crippen molar-refractivity contribution in [3.63, 3.8) is 0 Å². The molecule has 0 heterocycles. The Bertz CT molecular complexity index is 180. The van der Waals surface area contributed by atoms with E-state index >= 15 is 0 Å². The largest absolute Gasteiger partial charge is 0.391 e. The Morgan fingerprint density at radius 2 is 1.67 bits per heavy atom. The molecule has 0 aromatic carbocycles. The molecule has 0 unspecified atom stereocenters. The maximum atomic E-state index is 11.3. The van der Waals surface area contributed by atoms with Crippen molar-refractivity contribution in [1.82, 2.24) is 5.32 Å². The average Bonchev–Trinajstić information content (AvgIpc) is 1.98. The van der Waals surface area contributed by atoms with E-state index in [-0.39, 0.29) is 11.7 Å². The van der Waals surface area contributed by atoms with Crippen molar-refractivity contribution in [2.75, 3.05) is 7.05 Å². The number of rotatable bonds is 4. The second-order valence-corrected chi connectivity index (χ2v) is 3.56. The maximum Gasteiger partial charge on any atom is 0.159 e. The fourth-order valence-corrected chi connectivity index (χ4v) is 0.847. The van der Waals surface area contributed by atoms with Crippen molar-refractivity contribution in [3.8, 4) is 0 Å². The first-order valence-corrected chi connectivity index (χ1v) is 4.42. The van der Waals surface area contributed by atoms with Gasteiger partial charge in [-0.25, -0.2) is 0 Å².